The van der Waals surface area contributed by atoms with E-state index in [9.17, 15) is 9.59 Å². The Morgan fingerprint density at radius 3 is 2.60 bits per heavy atom. The van der Waals surface area contributed by atoms with Crippen LogP contribution in [0.15, 0.2) is 24.3 Å². The molecule has 0 spiro atoms. The molecule has 1 unspecified atom stereocenters. The Bertz CT molecular complexity index is 576. The lowest BCUT2D eigenvalue weighted by Crippen LogP contribution is -2.52. The number of nitrogens with two attached hydrogens (primary N) is 1. The molecule has 1 heterocycles. The first-order chi connectivity index (χ1) is 11.5. The molecule has 1 aromatic carbocycles. The second-order valence-corrected chi connectivity index (χ2v) is 6.22. The van der Waals surface area contributed by atoms with Gasteiger partial charge in [-0.1, -0.05) is 19.9 Å². The third kappa shape index (κ3) is 5.42. The van der Waals surface area contributed by atoms with E-state index in [1.807, 2.05) is 13.8 Å². The Balaban J connectivity index is 0.00000312. The number of nitrogens with one attached hydrogen (secondary N) is 2. The van der Waals surface area contributed by atoms with Gasteiger partial charge in [0.15, 0.2) is 0 Å². The van der Waals surface area contributed by atoms with E-state index in [-0.39, 0.29) is 24.2 Å². The van der Waals surface area contributed by atoms with Crippen LogP contribution in [0.2, 0.25) is 0 Å². The van der Waals surface area contributed by atoms with E-state index in [0.717, 1.165) is 25.7 Å². The highest BCUT2D eigenvalue weighted by atomic mass is 35.5. The summed E-state index contributed by atoms with van der Waals surface area (Å²) in [4.78, 5) is 24.6. The van der Waals surface area contributed by atoms with Gasteiger partial charge in [-0.05, 0) is 43.9 Å². The average Bonchev–Trinajstić information content (AvgIpc) is 3.15. The maximum Gasteiger partial charge on any atom is 0.253 e. The Morgan fingerprint density at radius 1 is 1.32 bits per heavy atom. The summed E-state index contributed by atoms with van der Waals surface area (Å²) < 4.78 is 5.37. The summed E-state index contributed by atoms with van der Waals surface area (Å²) in [5.74, 6) is -0.346. The maximum atomic E-state index is 12.5. The van der Waals surface area contributed by atoms with Gasteiger partial charge >= 0.3 is 0 Å². The van der Waals surface area contributed by atoms with E-state index in [4.69, 9.17) is 10.5 Å². The minimum absolute atomic E-state index is 0. The van der Waals surface area contributed by atoms with Crippen molar-refractivity contribution in [1.29, 1.82) is 0 Å². The second kappa shape index (κ2) is 9.75. The van der Waals surface area contributed by atoms with Gasteiger partial charge in [-0.15, -0.1) is 12.4 Å². The Labute approximate surface area is 155 Å². The minimum atomic E-state index is -0.396. The van der Waals surface area contributed by atoms with E-state index in [1.165, 1.54) is 0 Å². The number of anilines is 1. The van der Waals surface area contributed by atoms with Crippen molar-refractivity contribution in [2.24, 2.45) is 5.73 Å². The molecule has 0 saturated carbocycles. The number of hydrogen-bond acceptors (Lipinski definition) is 4. The molecule has 1 fully saturated rings. The van der Waals surface area contributed by atoms with Crippen molar-refractivity contribution in [3.8, 4) is 0 Å². The van der Waals surface area contributed by atoms with Crippen LogP contribution in [0.5, 0.6) is 0 Å². The summed E-state index contributed by atoms with van der Waals surface area (Å²) in [6, 6.07) is 6.92. The monoisotopic (exact) mass is 369 g/mol. The van der Waals surface area contributed by atoms with E-state index < -0.39 is 11.6 Å². The highest BCUT2D eigenvalue weighted by Crippen LogP contribution is 2.18. The minimum Gasteiger partial charge on any atom is -0.368 e. The van der Waals surface area contributed by atoms with Gasteiger partial charge in [0.05, 0.1) is 5.54 Å². The lowest BCUT2D eigenvalue weighted by molar-refractivity contribution is -0.124. The zero-order valence-corrected chi connectivity index (χ0v) is 15.7. The van der Waals surface area contributed by atoms with E-state index >= 15 is 0 Å². The highest BCUT2D eigenvalue weighted by molar-refractivity contribution is 5.98. The van der Waals surface area contributed by atoms with Crippen LogP contribution in [-0.4, -0.2) is 36.6 Å². The Kier molecular flexibility index (Phi) is 8.35. The summed E-state index contributed by atoms with van der Waals surface area (Å²) in [5, 5.41) is 5.85. The van der Waals surface area contributed by atoms with Crippen molar-refractivity contribution >= 4 is 29.9 Å². The van der Waals surface area contributed by atoms with Gasteiger partial charge in [-0.25, -0.2) is 0 Å². The second-order valence-electron chi connectivity index (χ2n) is 6.22. The molecule has 1 atom stereocenters. The molecule has 4 N–H and O–H groups in total. The van der Waals surface area contributed by atoms with E-state index in [1.54, 1.807) is 24.3 Å². The number of ether oxygens (including phenoxy) is 1. The van der Waals surface area contributed by atoms with Crippen LogP contribution < -0.4 is 16.4 Å². The summed E-state index contributed by atoms with van der Waals surface area (Å²) in [6.07, 6.45) is 2.77. The van der Waals surface area contributed by atoms with Crippen LogP contribution in [0.1, 0.15) is 49.9 Å². The molecule has 140 valence electrons. The lowest BCUT2D eigenvalue weighted by atomic mass is 9.92. The topological polar surface area (TPSA) is 93.5 Å². The number of hydrogen-bond donors (Lipinski definition) is 3. The molecule has 2 rings (SSSR count). The summed E-state index contributed by atoms with van der Waals surface area (Å²) in [5.41, 5.74) is 6.53. The van der Waals surface area contributed by atoms with E-state index in [0.29, 0.717) is 24.4 Å². The molecule has 0 aromatic heterocycles. The zero-order chi connectivity index (χ0) is 17.6. The van der Waals surface area contributed by atoms with Gasteiger partial charge in [0.25, 0.3) is 11.8 Å². The highest BCUT2D eigenvalue weighted by Gasteiger charge is 2.27. The number of benzene rings is 1. The van der Waals surface area contributed by atoms with Gasteiger partial charge in [0.1, 0.15) is 6.10 Å². The molecule has 7 heteroatoms. The largest absolute Gasteiger partial charge is 0.368 e. The van der Waals surface area contributed by atoms with Gasteiger partial charge in [-0.3, -0.25) is 9.59 Å². The molecule has 0 radical (unpaired) electrons. The normalized spacial score (nSPS) is 16.8. The molecule has 0 aliphatic carbocycles. The molecule has 1 saturated heterocycles. The molecule has 2 amide bonds. The third-order valence-electron chi connectivity index (χ3n) is 4.74. The van der Waals surface area contributed by atoms with Crippen molar-refractivity contribution in [3.63, 3.8) is 0 Å². The lowest BCUT2D eigenvalue weighted by Gasteiger charge is -2.31. The summed E-state index contributed by atoms with van der Waals surface area (Å²) in [7, 11) is 0. The van der Waals surface area contributed by atoms with Crippen LogP contribution in [0.4, 0.5) is 5.69 Å². The number of carbonyl (C=O) groups excluding carboxylic acids is 2. The molecular formula is C18H28ClN3O3. The van der Waals surface area contributed by atoms with Gasteiger partial charge in [0.2, 0.25) is 0 Å². The molecule has 25 heavy (non-hydrogen) atoms. The van der Waals surface area contributed by atoms with Crippen LogP contribution in [-0.2, 0) is 9.53 Å². The summed E-state index contributed by atoms with van der Waals surface area (Å²) in [6.45, 7) is 5.03. The fourth-order valence-electron chi connectivity index (χ4n) is 2.82. The smallest absolute Gasteiger partial charge is 0.253 e. The first kappa shape index (κ1) is 21.4. The van der Waals surface area contributed by atoms with Crippen molar-refractivity contribution < 1.29 is 14.3 Å². The first-order valence-electron chi connectivity index (χ1n) is 8.58. The van der Waals surface area contributed by atoms with Crippen molar-refractivity contribution in [1.82, 2.24) is 5.32 Å². The van der Waals surface area contributed by atoms with Crippen molar-refractivity contribution in [2.45, 2.75) is 51.2 Å². The predicted octanol–water partition coefficient (Wildman–Crippen LogP) is 2.47. The third-order valence-corrected chi connectivity index (χ3v) is 4.74. The SMILES string of the molecule is CCC(CC)(CN)NC(=O)c1cccc(NC(=O)C2CCCO2)c1.Cl. The fourth-order valence-corrected chi connectivity index (χ4v) is 2.82. The quantitative estimate of drug-likeness (QED) is 0.688. The van der Waals surface area contributed by atoms with Gasteiger partial charge in [0, 0.05) is 24.4 Å². The molecule has 1 aliphatic heterocycles. The average molecular weight is 370 g/mol. The zero-order valence-electron chi connectivity index (χ0n) is 14.8. The van der Waals surface area contributed by atoms with Crippen LogP contribution in [0.25, 0.3) is 0 Å². The van der Waals surface area contributed by atoms with Crippen LogP contribution in [0, 0.1) is 0 Å². The predicted molar refractivity (Wildman–Crippen MR) is 101 cm³/mol. The standard InChI is InChI=1S/C18H27N3O3.ClH/c1-3-18(4-2,12-19)21-16(22)13-7-5-8-14(11-13)20-17(23)15-9-6-10-24-15;/h5,7-8,11,15H,3-4,6,9-10,12,19H2,1-2H3,(H,20,23)(H,21,22);1H. The number of carbonyl (C=O) groups is 2. The molecular weight excluding hydrogens is 342 g/mol. The van der Waals surface area contributed by atoms with Crippen molar-refractivity contribution in [2.75, 3.05) is 18.5 Å². The molecule has 1 aliphatic rings. The maximum absolute atomic E-state index is 12.5. The van der Waals surface area contributed by atoms with Crippen LogP contribution >= 0.6 is 12.4 Å². The summed E-state index contributed by atoms with van der Waals surface area (Å²) >= 11 is 0. The van der Waals surface area contributed by atoms with E-state index in [2.05, 4.69) is 10.6 Å². The number of rotatable bonds is 7. The van der Waals surface area contributed by atoms with Crippen LogP contribution in [0.3, 0.4) is 0 Å². The molecule has 0 bridgehead atoms. The Morgan fingerprint density at radius 2 is 2.04 bits per heavy atom. The number of amides is 2. The molecule has 6 nitrogen and oxygen atoms in total. The van der Waals surface area contributed by atoms with Gasteiger partial charge in [-0.2, -0.15) is 0 Å². The number of halogens is 1. The first-order valence-corrected chi connectivity index (χ1v) is 8.58. The Hall–Kier alpha value is -1.63. The van der Waals surface area contributed by atoms with Crippen molar-refractivity contribution in [3.05, 3.63) is 29.8 Å². The fraction of sp³-hybridized carbons (Fsp3) is 0.556. The molecule has 1 aromatic rings. The van der Waals surface area contributed by atoms with Gasteiger partial charge < -0.3 is 21.1 Å².